The van der Waals surface area contributed by atoms with Crippen LogP contribution < -0.4 is 0 Å². The van der Waals surface area contributed by atoms with Gasteiger partial charge in [-0.2, -0.15) is 0 Å². The predicted molar refractivity (Wildman–Crippen MR) is 155 cm³/mol. The van der Waals surface area contributed by atoms with Crippen LogP contribution in [0.4, 0.5) is 0 Å². The van der Waals surface area contributed by atoms with Crippen LogP contribution >= 0.6 is 0 Å². The highest BCUT2D eigenvalue weighted by atomic mass is 16.5. The second-order valence-electron chi connectivity index (χ2n) is 11.4. The number of ether oxygens (including phenoxy) is 2. The molecule has 3 rings (SSSR count). The second-order valence-corrected chi connectivity index (χ2v) is 11.4. The summed E-state index contributed by atoms with van der Waals surface area (Å²) in [6, 6.07) is 20.8. The number of hydrogen-bond donors (Lipinski definition) is 0. The molecule has 0 spiro atoms. The highest BCUT2D eigenvalue weighted by molar-refractivity contribution is 6.69. The smallest absolute Gasteiger partial charge is 0.183 e. The molecule has 0 N–H and O–H groups in total. The highest BCUT2D eigenvalue weighted by Crippen LogP contribution is 2.60. The molecular weight excluding hydrogens is 439 g/mol. The van der Waals surface area contributed by atoms with Crippen molar-refractivity contribution in [2.75, 3.05) is 0 Å². The van der Waals surface area contributed by atoms with Crippen molar-refractivity contribution in [1.29, 1.82) is 0 Å². The zero-order valence-electron chi connectivity index (χ0n) is 23.5. The Bertz CT molecular complexity index is 1040. The van der Waals surface area contributed by atoms with Crippen LogP contribution in [0.15, 0.2) is 95.9 Å². The van der Waals surface area contributed by atoms with Gasteiger partial charge in [-0.05, 0) is 71.6 Å². The third kappa shape index (κ3) is 7.18. The van der Waals surface area contributed by atoms with E-state index >= 15 is 0 Å². The summed E-state index contributed by atoms with van der Waals surface area (Å²) in [6.45, 7) is 17.8. The Morgan fingerprint density at radius 3 is 1.89 bits per heavy atom. The quantitative estimate of drug-likeness (QED) is 0.160. The zero-order valence-corrected chi connectivity index (χ0v) is 23.5. The van der Waals surface area contributed by atoms with Crippen molar-refractivity contribution in [2.45, 2.75) is 86.2 Å². The molecule has 0 aliphatic heterocycles. The van der Waals surface area contributed by atoms with Gasteiger partial charge in [0.25, 0.3) is 0 Å². The van der Waals surface area contributed by atoms with Crippen LogP contribution in [0.5, 0.6) is 0 Å². The molecule has 3 heteroatoms. The maximum absolute atomic E-state index is 6.52. The molecule has 2 nitrogen and oxygen atoms in total. The first-order valence-corrected chi connectivity index (χ1v) is 13.6. The first kappa shape index (κ1) is 27.9. The lowest BCUT2D eigenvalue weighted by atomic mass is 9.26. The van der Waals surface area contributed by atoms with Gasteiger partial charge in [0, 0.05) is 0 Å². The molecule has 0 bridgehead atoms. The van der Waals surface area contributed by atoms with Gasteiger partial charge >= 0.3 is 0 Å². The molecule has 0 aromatic heterocycles. The maximum Gasteiger partial charge on any atom is 0.183 e. The van der Waals surface area contributed by atoms with Crippen molar-refractivity contribution >= 4 is 6.71 Å². The van der Waals surface area contributed by atoms with Gasteiger partial charge in [0.05, 0.1) is 5.76 Å². The average molecular weight is 485 g/mol. The summed E-state index contributed by atoms with van der Waals surface area (Å²) in [5.74, 6) is 2.69. The summed E-state index contributed by atoms with van der Waals surface area (Å²) in [6.07, 6.45) is 10.2. The lowest BCUT2D eigenvalue weighted by Crippen LogP contribution is -2.41. The predicted octanol–water partition coefficient (Wildman–Crippen LogP) is 9.42. The molecule has 0 radical (unpaired) electrons. The Labute approximate surface area is 220 Å². The molecule has 192 valence electrons. The Morgan fingerprint density at radius 1 is 0.861 bits per heavy atom. The monoisotopic (exact) mass is 484 g/mol. The molecule has 0 amide bonds. The van der Waals surface area contributed by atoms with Crippen LogP contribution in [-0.4, -0.2) is 6.71 Å². The Hall–Kier alpha value is -2.68. The van der Waals surface area contributed by atoms with Crippen LogP contribution in [-0.2, 0) is 22.7 Å². The Balaban J connectivity index is 1.89. The molecule has 1 saturated carbocycles. The fraction of sp³-hybridized carbons (Fsp3) is 0.455. The van der Waals surface area contributed by atoms with Crippen LogP contribution in [0.25, 0.3) is 0 Å². The maximum atomic E-state index is 6.52. The molecule has 0 heterocycles. The molecule has 36 heavy (non-hydrogen) atoms. The van der Waals surface area contributed by atoms with Crippen molar-refractivity contribution in [3.05, 3.63) is 107 Å². The van der Waals surface area contributed by atoms with Crippen LogP contribution in [0.2, 0.25) is 12.1 Å². The molecule has 2 aromatic rings. The van der Waals surface area contributed by atoms with E-state index in [4.69, 9.17) is 9.47 Å². The number of hydrogen-bond acceptors (Lipinski definition) is 2. The normalized spacial score (nSPS) is 15.6. The topological polar surface area (TPSA) is 18.5 Å². The van der Waals surface area contributed by atoms with E-state index in [1.165, 1.54) is 29.4 Å². The minimum Gasteiger partial charge on any atom is -0.494 e. The third-order valence-corrected chi connectivity index (χ3v) is 8.53. The third-order valence-electron chi connectivity index (χ3n) is 8.53. The molecular formula is C33H45BO2. The minimum atomic E-state index is 0.0928. The Kier molecular flexibility index (Phi) is 9.71. The van der Waals surface area contributed by atoms with Gasteiger partial charge in [-0.15, -0.1) is 0 Å². The van der Waals surface area contributed by atoms with Crippen LogP contribution in [0, 0.1) is 11.3 Å². The second kappa shape index (κ2) is 12.5. The summed E-state index contributed by atoms with van der Waals surface area (Å²) in [5, 5.41) is 0.0928. The van der Waals surface area contributed by atoms with Gasteiger partial charge in [0.1, 0.15) is 19.0 Å². The zero-order chi connectivity index (χ0) is 26.2. The Morgan fingerprint density at radius 2 is 1.39 bits per heavy atom. The summed E-state index contributed by atoms with van der Waals surface area (Å²) >= 11 is 0. The van der Waals surface area contributed by atoms with Crippen molar-refractivity contribution < 1.29 is 9.47 Å². The number of allylic oxidation sites excluding steroid dienone is 5. The molecule has 0 saturated heterocycles. The van der Waals surface area contributed by atoms with Crippen LogP contribution in [0.1, 0.15) is 71.9 Å². The van der Waals surface area contributed by atoms with E-state index in [2.05, 4.69) is 96.1 Å². The molecule has 2 aromatic carbocycles. The van der Waals surface area contributed by atoms with E-state index in [1.54, 1.807) is 0 Å². The first-order chi connectivity index (χ1) is 17.2. The number of benzene rings is 2. The average Bonchev–Trinajstić information content (AvgIpc) is 3.73. The van der Waals surface area contributed by atoms with Gasteiger partial charge < -0.3 is 9.47 Å². The van der Waals surface area contributed by atoms with Gasteiger partial charge in [-0.3, -0.25) is 0 Å². The largest absolute Gasteiger partial charge is 0.494 e. The highest BCUT2D eigenvalue weighted by Gasteiger charge is 2.51. The molecule has 0 atom stereocenters. The molecule has 1 fully saturated rings. The standard InChI is InChI=1S/C33H45BO2/c1-8-15-31(36-25-28-18-13-10-14-19-28)30(34(7)33(5,6)32(3,4)29-21-22-29)23-20-26(2)35-24-27-16-11-9-12-17-27/h9-20,23,29H,8,21-22,24-25H2,1-7H3/b26-20+,30-23+,31-15-. The van der Waals surface area contributed by atoms with Crippen LogP contribution in [0.3, 0.4) is 0 Å². The summed E-state index contributed by atoms with van der Waals surface area (Å²) < 4.78 is 12.6. The van der Waals surface area contributed by atoms with Crippen molar-refractivity contribution in [3.8, 4) is 0 Å². The number of rotatable bonds is 13. The minimum absolute atomic E-state index is 0.0928. The summed E-state index contributed by atoms with van der Waals surface area (Å²) in [5.41, 5.74) is 3.84. The van der Waals surface area contributed by atoms with E-state index in [0.29, 0.717) is 19.9 Å². The van der Waals surface area contributed by atoms with E-state index in [1.807, 2.05) is 31.2 Å². The lowest BCUT2D eigenvalue weighted by Gasteiger charge is -2.46. The van der Waals surface area contributed by atoms with Crippen molar-refractivity contribution in [1.82, 2.24) is 0 Å². The molecule has 0 unspecified atom stereocenters. The van der Waals surface area contributed by atoms with Crippen molar-refractivity contribution in [3.63, 3.8) is 0 Å². The molecule has 1 aliphatic carbocycles. The fourth-order valence-corrected chi connectivity index (χ4v) is 4.93. The van der Waals surface area contributed by atoms with E-state index < -0.39 is 0 Å². The van der Waals surface area contributed by atoms with Gasteiger partial charge in [0.2, 0.25) is 0 Å². The van der Waals surface area contributed by atoms with Crippen molar-refractivity contribution in [2.24, 2.45) is 11.3 Å². The molecule has 1 aliphatic rings. The summed E-state index contributed by atoms with van der Waals surface area (Å²) in [4.78, 5) is 0. The van der Waals surface area contributed by atoms with Gasteiger partial charge in [0.15, 0.2) is 6.71 Å². The van der Waals surface area contributed by atoms with E-state index in [-0.39, 0.29) is 10.7 Å². The van der Waals surface area contributed by atoms with Gasteiger partial charge in [-0.25, -0.2) is 0 Å². The summed E-state index contributed by atoms with van der Waals surface area (Å²) in [7, 11) is 0. The first-order valence-electron chi connectivity index (χ1n) is 13.6. The SMILES string of the molecule is CC/C=C(OCc1ccccc1)/C(=C\C=C(/C)OCc1ccccc1)B(C)C(C)(C)C(C)(C)C1CC1. The van der Waals surface area contributed by atoms with Gasteiger partial charge in [-0.1, -0.05) is 108 Å². The lowest BCUT2D eigenvalue weighted by molar-refractivity contribution is 0.200. The van der Waals surface area contributed by atoms with E-state index in [0.717, 1.165) is 23.9 Å². The van der Waals surface area contributed by atoms with E-state index in [9.17, 15) is 0 Å². The fourth-order valence-electron chi connectivity index (χ4n) is 4.93.